The highest BCUT2D eigenvalue weighted by Gasteiger charge is 2.41. The Morgan fingerprint density at radius 3 is 2.47 bits per heavy atom. The van der Waals surface area contributed by atoms with Crippen LogP contribution in [0.5, 0.6) is 0 Å². The average Bonchev–Trinajstić information content (AvgIpc) is 2.34. The molecule has 0 spiro atoms. The quantitative estimate of drug-likeness (QED) is 0.591. The molecular weight excluding hydrogens is 218 g/mol. The van der Waals surface area contributed by atoms with Crippen molar-refractivity contribution in [1.82, 2.24) is 5.06 Å². The fraction of sp³-hybridized carbons (Fsp3) is 0.462. The van der Waals surface area contributed by atoms with Crippen molar-refractivity contribution in [2.24, 2.45) is 0 Å². The van der Waals surface area contributed by atoms with Gasteiger partial charge in [0.1, 0.15) is 0 Å². The summed E-state index contributed by atoms with van der Waals surface area (Å²) >= 11 is 0. The Morgan fingerprint density at radius 2 is 1.94 bits per heavy atom. The molecule has 1 atom stereocenters. The lowest BCUT2D eigenvalue weighted by molar-refractivity contribution is -0.325. The molecule has 1 unspecified atom stereocenters. The van der Waals surface area contributed by atoms with E-state index in [1.807, 2.05) is 30.3 Å². The number of hydrogen-bond donors (Lipinski definition) is 0. The van der Waals surface area contributed by atoms with Gasteiger partial charge in [0.2, 0.25) is 0 Å². The number of nitrogens with zero attached hydrogens (tertiary/aromatic N) is 1. The van der Waals surface area contributed by atoms with E-state index in [-0.39, 0.29) is 11.8 Å². The van der Waals surface area contributed by atoms with Crippen molar-refractivity contribution < 1.29 is 14.4 Å². The number of β-lactam (4-membered cyclic amide) rings is 1. The van der Waals surface area contributed by atoms with Crippen LogP contribution >= 0.6 is 0 Å². The van der Waals surface area contributed by atoms with Gasteiger partial charge in [0, 0.05) is 7.11 Å². The molecule has 0 radical (unpaired) electrons. The largest absolute Gasteiger partial charge is 0.352 e. The monoisotopic (exact) mass is 235 g/mol. The molecule has 1 aliphatic heterocycles. The third-order valence-electron chi connectivity index (χ3n) is 2.92. The summed E-state index contributed by atoms with van der Waals surface area (Å²) < 4.78 is 5.12. The zero-order chi connectivity index (χ0) is 12.5. The van der Waals surface area contributed by atoms with Crippen LogP contribution < -0.4 is 0 Å². The first-order chi connectivity index (χ1) is 8.03. The van der Waals surface area contributed by atoms with E-state index in [1.165, 1.54) is 5.06 Å². The van der Waals surface area contributed by atoms with Crippen molar-refractivity contribution in [2.75, 3.05) is 13.7 Å². The van der Waals surface area contributed by atoms with E-state index in [0.717, 1.165) is 5.56 Å². The Morgan fingerprint density at radius 1 is 1.29 bits per heavy atom. The predicted octanol–water partition coefficient (Wildman–Crippen LogP) is 1.93. The lowest BCUT2D eigenvalue weighted by Gasteiger charge is -2.41. The minimum Gasteiger partial charge on any atom is -0.352 e. The molecule has 17 heavy (non-hydrogen) atoms. The summed E-state index contributed by atoms with van der Waals surface area (Å²) in [5.41, 5.74) is 1.03. The molecule has 1 aliphatic rings. The number of hydroxylamine groups is 2. The predicted molar refractivity (Wildman–Crippen MR) is 63.1 cm³/mol. The molecule has 1 saturated heterocycles. The van der Waals surface area contributed by atoms with E-state index in [9.17, 15) is 4.79 Å². The topological polar surface area (TPSA) is 38.8 Å². The van der Waals surface area contributed by atoms with Crippen molar-refractivity contribution in [1.29, 1.82) is 0 Å². The summed E-state index contributed by atoms with van der Waals surface area (Å²) in [4.78, 5) is 17.3. The Labute approximate surface area is 101 Å². The highest BCUT2D eigenvalue weighted by atomic mass is 16.8. The standard InChI is InChI=1S/C13H17NO3/c1-13(2,16-3)17-14-9-11(12(14)15)10-7-5-4-6-8-10/h4-8,11H,9H2,1-3H3. The molecule has 4 heteroatoms. The molecule has 0 bridgehead atoms. The molecule has 1 heterocycles. The van der Waals surface area contributed by atoms with Gasteiger partial charge in [-0.1, -0.05) is 30.3 Å². The molecule has 0 aromatic heterocycles. The van der Waals surface area contributed by atoms with Crippen molar-refractivity contribution in [3.05, 3.63) is 35.9 Å². The first-order valence-corrected chi connectivity index (χ1v) is 5.64. The number of amides is 1. The van der Waals surface area contributed by atoms with Crippen LogP contribution in [0.2, 0.25) is 0 Å². The average molecular weight is 235 g/mol. The first-order valence-electron chi connectivity index (χ1n) is 5.64. The highest BCUT2D eigenvalue weighted by Crippen LogP contribution is 2.30. The second-order valence-corrected chi connectivity index (χ2v) is 4.56. The summed E-state index contributed by atoms with van der Waals surface area (Å²) in [5, 5.41) is 1.36. The van der Waals surface area contributed by atoms with E-state index in [4.69, 9.17) is 9.57 Å². The first kappa shape index (κ1) is 12.1. The van der Waals surface area contributed by atoms with E-state index in [1.54, 1.807) is 21.0 Å². The lowest BCUT2D eigenvalue weighted by atomic mass is 9.92. The van der Waals surface area contributed by atoms with Crippen molar-refractivity contribution in [3.8, 4) is 0 Å². The van der Waals surface area contributed by atoms with Crippen molar-refractivity contribution >= 4 is 5.91 Å². The fourth-order valence-corrected chi connectivity index (χ4v) is 1.71. The van der Waals surface area contributed by atoms with Crippen molar-refractivity contribution in [2.45, 2.75) is 25.6 Å². The number of rotatable bonds is 4. The van der Waals surface area contributed by atoms with E-state index >= 15 is 0 Å². The Balaban J connectivity index is 1.96. The number of hydrogen-bond acceptors (Lipinski definition) is 3. The van der Waals surface area contributed by atoms with Crippen molar-refractivity contribution in [3.63, 3.8) is 0 Å². The Hall–Kier alpha value is -1.39. The summed E-state index contributed by atoms with van der Waals surface area (Å²) in [6, 6.07) is 9.73. The van der Waals surface area contributed by atoms with Crippen LogP contribution in [-0.2, 0) is 14.4 Å². The number of carbonyl (C=O) groups is 1. The second kappa shape index (κ2) is 4.47. The van der Waals surface area contributed by atoms with E-state index < -0.39 is 5.79 Å². The van der Waals surface area contributed by atoms with Gasteiger partial charge in [-0.3, -0.25) is 4.79 Å². The summed E-state index contributed by atoms with van der Waals surface area (Å²) in [6.45, 7) is 4.13. The number of methoxy groups -OCH3 is 1. The molecule has 1 aromatic carbocycles. The maximum atomic E-state index is 11.9. The molecule has 2 rings (SSSR count). The number of ether oxygens (including phenoxy) is 1. The molecular formula is C13H17NO3. The SMILES string of the molecule is COC(C)(C)ON1CC(c2ccccc2)C1=O. The Bertz CT molecular complexity index is 402. The molecule has 0 N–H and O–H groups in total. The van der Waals surface area contributed by atoms with Gasteiger partial charge in [0.15, 0.2) is 5.79 Å². The van der Waals surface area contributed by atoms with Crippen LogP contribution in [0.25, 0.3) is 0 Å². The van der Waals surface area contributed by atoms with Crippen LogP contribution in [0.4, 0.5) is 0 Å². The maximum absolute atomic E-state index is 11.9. The normalized spacial score (nSPS) is 20.3. The molecule has 0 saturated carbocycles. The van der Waals surface area contributed by atoms with Gasteiger partial charge in [-0.25, -0.2) is 9.90 Å². The minimum atomic E-state index is -0.767. The van der Waals surface area contributed by atoms with Gasteiger partial charge < -0.3 is 4.74 Å². The third kappa shape index (κ3) is 2.48. The maximum Gasteiger partial charge on any atom is 0.255 e. The van der Waals surface area contributed by atoms with Gasteiger partial charge in [0.05, 0.1) is 12.5 Å². The second-order valence-electron chi connectivity index (χ2n) is 4.56. The van der Waals surface area contributed by atoms with Crippen LogP contribution in [0, 0.1) is 0 Å². The molecule has 4 nitrogen and oxygen atoms in total. The molecule has 92 valence electrons. The molecule has 0 aliphatic carbocycles. The van der Waals surface area contributed by atoms with Gasteiger partial charge in [-0.05, 0) is 19.4 Å². The smallest absolute Gasteiger partial charge is 0.255 e. The van der Waals surface area contributed by atoms with Crippen LogP contribution in [-0.4, -0.2) is 30.4 Å². The van der Waals surface area contributed by atoms with Gasteiger partial charge in [-0.15, -0.1) is 0 Å². The fourth-order valence-electron chi connectivity index (χ4n) is 1.71. The van der Waals surface area contributed by atoms with Gasteiger partial charge in [-0.2, -0.15) is 0 Å². The minimum absolute atomic E-state index is 0.0127. The Kier molecular flexibility index (Phi) is 3.17. The summed E-state index contributed by atoms with van der Waals surface area (Å²) in [5.74, 6) is -0.859. The van der Waals surface area contributed by atoms with Gasteiger partial charge >= 0.3 is 0 Å². The molecule has 1 amide bonds. The zero-order valence-corrected chi connectivity index (χ0v) is 10.3. The third-order valence-corrected chi connectivity index (χ3v) is 2.92. The number of benzene rings is 1. The lowest BCUT2D eigenvalue weighted by Crippen LogP contribution is -2.54. The molecule has 1 fully saturated rings. The highest BCUT2D eigenvalue weighted by molar-refractivity contribution is 5.88. The van der Waals surface area contributed by atoms with E-state index in [0.29, 0.717) is 6.54 Å². The molecule has 1 aromatic rings. The van der Waals surface area contributed by atoms with Crippen LogP contribution in [0.1, 0.15) is 25.3 Å². The van der Waals surface area contributed by atoms with Crippen LogP contribution in [0.15, 0.2) is 30.3 Å². The van der Waals surface area contributed by atoms with Gasteiger partial charge in [0.25, 0.3) is 5.91 Å². The zero-order valence-electron chi connectivity index (χ0n) is 10.3. The number of carbonyl (C=O) groups excluding carboxylic acids is 1. The summed E-state index contributed by atoms with van der Waals surface area (Å²) in [7, 11) is 1.55. The van der Waals surface area contributed by atoms with E-state index in [2.05, 4.69) is 0 Å². The summed E-state index contributed by atoms with van der Waals surface area (Å²) in [6.07, 6.45) is 0. The van der Waals surface area contributed by atoms with Crippen LogP contribution in [0.3, 0.4) is 0 Å².